The molecule has 5 nitrogen and oxygen atoms in total. The van der Waals surface area contributed by atoms with Crippen LogP contribution in [0.5, 0.6) is 0 Å². The van der Waals surface area contributed by atoms with Crippen molar-refractivity contribution in [3.63, 3.8) is 0 Å². The lowest BCUT2D eigenvalue weighted by molar-refractivity contribution is -0.313. The zero-order valence-electron chi connectivity index (χ0n) is 9.72. The molecule has 0 aromatic heterocycles. The molecule has 0 unspecified atom stereocenters. The Labute approximate surface area is 100 Å². The fraction of sp³-hybridized carbons (Fsp3) is 0.833. The highest BCUT2D eigenvalue weighted by Gasteiger charge is 2.44. The Balaban J connectivity index is 2.04. The maximum absolute atomic E-state index is 10.7. The van der Waals surface area contributed by atoms with Gasteiger partial charge in [-0.15, -0.1) is 0 Å². The van der Waals surface area contributed by atoms with Gasteiger partial charge in [0.15, 0.2) is 5.79 Å². The third-order valence-electron chi connectivity index (χ3n) is 3.38. The number of nitrogens with zero attached hydrogens (tertiary/aromatic N) is 1. The largest absolute Gasteiger partial charge is 0.481 e. The second-order valence-corrected chi connectivity index (χ2v) is 4.79. The van der Waals surface area contributed by atoms with Crippen LogP contribution in [0.4, 0.5) is 0 Å². The van der Waals surface area contributed by atoms with Crippen LogP contribution in [-0.2, 0) is 14.3 Å². The van der Waals surface area contributed by atoms with E-state index in [-0.39, 0.29) is 18.6 Å². The van der Waals surface area contributed by atoms with Gasteiger partial charge in [0.25, 0.3) is 0 Å². The van der Waals surface area contributed by atoms with Crippen molar-refractivity contribution in [2.24, 2.45) is 0 Å². The standard InChI is InChI=1S/C12H17NO4/c13-6-3-9-7-10(8-11(14)15)17-12(16-9)4-1-2-5-12/h9-10H,1-5,7-8H2,(H,14,15)/t9-,10-/m0/s1. The van der Waals surface area contributed by atoms with Crippen molar-refractivity contribution in [2.45, 2.75) is 62.9 Å². The smallest absolute Gasteiger partial charge is 0.305 e. The number of hydrogen-bond donors (Lipinski definition) is 1. The Hall–Kier alpha value is -1.12. The van der Waals surface area contributed by atoms with Gasteiger partial charge in [0.1, 0.15) is 0 Å². The summed E-state index contributed by atoms with van der Waals surface area (Å²) >= 11 is 0. The van der Waals surface area contributed by atoms with Gasteiger partial charge in [0.2, 0.25) is 0 Å². The molecule has 1 saturated heterocycles. The molecule has 1 heterocycles. The third kappa shape index (κ3) is 2.96. The average molecular weight is 239 g/mol. The quantitative estimate of drug-likeness (QED) is 0.812. The van der Waals surface area contributed by atoms with Crippen molar-refractivity contribution in [3.8, 4) is 6.07 Å². The van der Waals surface area contributed by atoms with Gasteiger partial charge in [-0.25, -0.2) is 0 Å². The van der Waals surface area contributed by atoms with Crippen molar-refractivity contribution in [1.29, 1.82) is 5.26 Å². The minimum atomic E-state index is -0.860. The molecule has 1 aliphatic heterocycles. The van der Waals surface area contributed by atoms with E-state index in [1.807, 2.05) is 0 Å². The van der Waals surface area contributed by atoms with Crippen LogP contribution in [0.1, 0.15) is 44.9 Å². The van der Waals surface area contributed by atoms with Crippen LogP contribution in [0.15, 0.2) is 0 Å². The second-order valence-electron chi connectivity index (χ2n) is 4.79. The van der Waals surface area contributed by atoms with Crippen LogP contribution in [-0.4, -0.2) is 29.1 Å². The molecule has 1 aliphatic carbocycles. The topological polar surface area (TPSA) is 79.6 Å². The van der Waals surface area contributed by atoms with Gasteiger partial charge in [0, 0.05) is 19.3 Å². The lowest BCUT2D eigenvalue weighted by Crippen LogP contribution is -2.47. The first-order chi connectivity index (χ1) is 8.13. The molecule has 17 heavy (non-hydrogen) atoms. The highest BCUT2D eigenvalue weighted by molar-refractivity contribution is 5.67. The fourth-order valence-electron chi connectivity index (χ4n) is 2.72. The monoisotopic (exact) mass is 239 g/mol. The molecule has 1 N–H and O–H groups in total. The van der Waals surface area contributed by atoms with Crippen molar-refractivity contribution in [2.75, 3.05) is 0 Å². The maximum atomic E-state index is 10.7. The number of carboxylic acids is 1. The van der Waals surface area contributed by atoms with Crippen LogP contribution in [0, 0.1) is 11.3 Å². The molecule has 0 amide bonds. The summed E-state index contributed by atoms with van der Waals surface area (Å²) in [7, 11) is 0. The summed E-state index contributed by atoms with van der Waals surface area (Å²) in [4.78, 5) is 10.7. The summed E-state index contributed by atoms with van der Waals surface area (Å²) in [6.07, 6.45) is 4.00. The van der Waals surface area contributed by atoms with Gasteiger partial charge < -0.3 is 14.6 Å². The Bertz CT molecular complexity index is 330. The van der Waals surface area contributed by atoms with E-state index in [1.54, 1.807) is 0 Å². The van der Waals surface area contributed by atoms with Gasteiger partial charge in [-0.2, -0.15) is 5.26 Å². The van der Waals surface area contributed by atoms with Crippen LogP contribution < -0.4 is 0 Å². The van der Waals surface area contributed by atoms with Gasteiger partial charge >= 0.3 is 5.97 Å². The van der Waals surface area contributed by atoms with Crippen LogP contribution in [0.3, 0.4) is 0 Å². The summed E-state index contributed by atoms with van der Waals surface area (Å²) in [6.45, 7) is 0. The minimum absolute atomic E-state index is 0.00691. The first-order valence-corrected chi connectivity index (χ1v) is 6.08. The molecule has 0 radical (unpaired) electrons. The van der Waals surface area contributed by atoms with E-state index in [4.69, 9.17) is 19.8 Å². The number of hydrogen-bond acceptors (Lipinski definition) is 4. The summed E-state index contributed by atoms with van der Waals surface area (Å²) in [5.74, 6) is -1.47. The first-order valence-electron chi connectivity index (χ1n) is 6.08. The van der Waals surface area contributed by atoms with Gasteiger partial charge in [-0.1, -0.05) is 0 Å². The normalized spacial score (nSPS) is 31.2. The zero-order chi connectivity index (χ0) is 12.3. The van der Waals surface area contributed by atoms with Gasteiger partial charge in [-0.05, 0) is 12.8 Å². The maximum Gasteiger partial charge on any atom is 0.305 e. The predicted octanol–water partition coefficient (Wildman–Crippen LogP) is 1.82. The summed E-state index contributed by atoms with van der Waals surface area (Å²) < 4.78 is 11.7. The van der Waals surface area contributed by atoms with E-state index in [0.717, 1.165) is 25.7 Å². The molecule has 2 rings (SSSR count). The molecule has 0 bridgehead atoms. The number of carbonyl (C=O) groups is 1. The number of ether oxygens (including phenoxy) is 2. The molecule has 2 atom stereocenters. The number of nitriles is 1. The van der Waals surface area contributed by atoms with Gasteiger partial charge in [-0.3, -0.25) is 4.79 Å². The molecule has 2 aliphatic rings. The van der Waals surface area contributed by atoms with E-state index >= 15 is 0 Å². The first kappa shape index (κ1) is 12.3. The molecular weight excluding hydrogens is 222 g/mol. The fourth-order valence-corrected chi connectivity index (χ4v) is 2.72. The van der Waals surface area contributed by atoms with Crippen molar-refractivity contribution < 1.29 is 19.4 Å². The summed E-state index contributed by atoms with van der Waals surface area (Å²) in [5.41, 5.74) is 0. The lowest BCUT2D eigenvalue weighted by atomic mass is 10.0. The average Bonchev–Trinajstić information content (AvgIpc) is 2.64. The Kier molecular flexibility index (Phi) is 3.65. The van der Waals surface area contributed by atoms with Crippen LogP contribution in [0.25, 0.3) is 0 Å². The highest BCUT2D eigenvalue weighted by atomic mass is 16.7. The van der Waals surface area contributed by atoms with E-state index in [2.05, 4.69) is 6.07 Å². The second kappa shape index (κ2) is 5.03. The predicted molar refractivity (Wildman–Crippen MR) is 58.0 cm³/mol. The molecule has 94 valence electrons. The number of aliphatic carboxylic acids is 1. The van der Waals surface area contributed by atoms with Crippen LogP contribution in [0.2, 0.25) is 0 Å². The van der Waals surface area contributed by atoms with Crippen molar-refractivity contribution in [3.05, 3.63) is 0 Å². The highest BCUT2D eigenvalue weighted by Crippen LogP contribution is 2.41. The van der Waals surface area contributed by atoms with E-state index in [0.29, 0.717) is 12.8 Å². The molecule has 1 saturated carbocycles. The van der Waals surface area contributed by atoms with Crippen molar-refractivity contribution in [1.82, 2.24) is 0 Å². The minimum Gasteiger partial charge on any atom is -0.481 e. The summed E-state index contributed by atoms with van der Waals surface area (Å²) in [6, 6.07) is 2.09. The molecule has 0 aromatic rings. The summed E-state index contributed by atoms with van der Waals surface area (Å²) in [5, 5.41) is 17.6. The molecule has 5 heteroatoms. The molecule has 2 fully saturated rings. The molecule has 0 aromatic carbocycles. The Morgan fingerprint density at radius 3 is 2.59 bits per heavy atom. The van der Waals surface area contributed by atoms with Gasteiger partial charge in [0.05, 0.1) is 31.1 Å². The molecular formula is C12H17NO4. The lowest BCUT2D eigenvalue weighted by Gasteiger charge is -2.42. The number of carboxylic acid groups (broad SMARTS) is 1. The molecule has 1 spiro atoms. The SMILES string of the molecule is N#CC[C@H]1C[C@@H](CC(=O)O)OC2(CCCC2)O1. The van der Waals surface area contributed by atoms with E-state index in [1.165, 1.54) is 0 Å². The third-order valence-corrected chi connectivity index (χ3v) is 3.38. The Morgan fingerprint density at radius 1 is 1.35 bits per heavy atom. The Morgan fingerprint density at radius 2 is 2.00 bits per heavy atom. The van der Waals surface area contributed by atoms with E-state index < -0.39 is 11.8 Å². The van der Waals surface area contributed by atoms with Crippen LogP contribution >= 0.6 is 0 Å². The zero-order valence-corrected chi connectivity index (χ0v) is 9.72. The number of rotatable bonds is 3. The van der Waals surface area contributed by atoms with E-state index in [9.17, 15) is 4.79 Å². The van der Waals surface area contributed by atoms with Crippen molar-refractivity contribution >= 4 is 5.97 Å².